The molecule has 9 heteroatoms. The molecule has 0 spiro atoms. The summed E-state index contributed by atoms with van der Waals surface area (Å²) >= 11 is 0. The number of nitrogens with one attached hydrogen (secondary N) is 1. The summed E-state index contributed by atoms with van der Waals surface area (Å²) in [6.07, 6.45) is 0. The van der Waals surface area contributed by atoms with Crippen LogP contribution in [0.5, 0.6) is 0 Å². The first-order valence-electron chi connectivity index (χ1n) is 4.20. The Kier molecular flexibility index (Phi) is 4.10. The Morgan fingerprint density at radius 3 is 2.35 bits per heavy atom. The van der Waals surface area contributed by atoms with Gasteiger partial charge in [-0.05, 0) is 12.1 Å². The lowest BCUT2D eigenvalue weighted by Crippen LogP contribution is -2.30. The van der Waals surface area contributed by atoms with Crippen molar-refractivity contribution < 1.29 is 26.8 Å². The lowest BCUT2D eigenvalue weighted by molar-refractivity contribution is -0.123. The molecule has 0 fully saturated rings. The van der Waals surface area contributed by atoms with Crippen molar-refractivity contribution in [1.29, 1.82) is 0 Å². The Morgan fingerprint density at radius 2 is 1.88 bits per heavy atom. The standard InChI is InChI=1S/C8H8F2N2O4S/c9-5-2-1-3-6(10)8(5)17(14,15)12-16-4-7(11)13/h1-3,12H,4H2,(H2,11,13). The monoisotopic (exact) mass is 266 g/mol. The van der Waals surface area contributed by atoms with Crippen molar-refractivity contribution in [2.24, 2.45) is 5.73 Å². The number of primary amides is 1. The topological polar surface area (TPSA) is 98.5 Å². The zero-order valence-corrected chi connectivity index (χ0v) is 9.13. The SMILES string of the molecule is NC(=O)CONS(=O)(=O)c1c(F)cccc1F. The highest BCUT2D eigenvalue weighted by Crippen LogP contribution is 2.17. The largest absolute Gasteiger partial charge is 0.368 e. The van der Waals surface area contributed by atoms with Crippen LogP contribution in [0.3, 0.4) is 0 Å². The summed E-state index contributed by atoms with van der Waals surface area (Å²) in [6, 6.07) is 2.55. The third-order valence-electron chi connectivity index (χ3n) is 1.57. The molecule has 1 amide bonds. The highest BCUT2D eigenvalue weighted by atomic mass is 32.2. The van der Waals surface area contributed by atoms with Gasteiger partial charge in [0.2, 0.25) is 5.91 Å². The van der Waals surface area contributed by atoms with Crippen LogP contribution < -0.4 is 10.6 Å². The number of carbonyl (C=O) groups is 1. The number of amides is 1. The van der Waals surface area contributed by atoms with E-state index < -0.39 is 39.1 Å². The van der Waals surface area contributed by atoms with Crippen LogP contribution in [0.2, 0.25) is 0 Å². The molecular formula is C8H8F2N2O4S. The molecule has 0 aliphatic heterocycles. The number of rotatable bonds is 5. The predicted molar refractivity (Wildman–Crippen MR) is 51.8 cm³/mol. The Balaban J connectivity index is 2.94. The van der Waals surface area contributed by atoms with Crippen LogP contribution in [0, 0.1) is 11.6 Å². The fraction of sp³-hybridized carbons (Fsp3) is 0.125. The summed E-state index contributed by atoms with van der Waals surface area (Å²) < 4.78 is 49.0. The number of halogens is 2. The van der Waals surface area contributed by atoms with Gasteiger partial charge in [-0.25, -0.2) is 17.2 Å². The van der Waals surface area contributed by atoms with Gasteiger partial charge >= 0.3 is 0 Å². The second-order valence-corrected chi connectivity index (χ2v) is 4.47. The maximum absolute atomic E-state index is 13.1. The Labute approximate surface area is 95.4 Å². The van der Waals surface area contributed by atoms with E-state index in [4.69, 9.17) is 0 Å². The molecule has 1 aromatic carbocycles. The van der Waals surface area contributed by atoms with Crippen LogP contribution >= 0.6 is 0 Å². The van der Waals surface area contributed by atoms with Gasteiger partial charge < -0.3 is 5.73 Å². The van der Waals surface area contributed by atoms with Gasteiger partial charge in [0.15, 0.2) is 4.90 Å². The molecule has 0 heterocycles. The molecule has 1 aromatic rings. The zero-order chi connectivity index (χ0) is 13.1. The van der Waals surface area contributed by atoms with E-state index >= 15 is 0 Å². The molecule has 94 valence electrons. The maximum Gasteiger partial charge on any atom is 0.268 e. The molecule has 1 rings (SSSR count). The first-order chi connectivity index (χ1) is 7.84. The van der Waals surface area contributed by atoms with E-state index in [0.29, 0.717) is 0 Å². The molecule has 0 radical (unpaired) electrons. The molecule has 6 nitrogen and oxygen atoms in total. The molecule has 0 atom stereocenters. The van der Waals surface area contributed by atoms with Crippen molar-refractivity contribution >= 4 is 15.9 Å². The lowest BCUT2D eigenvalue weighted by atomic mass is 10.3. The second-order valence-electron chi connectivity index (χ2n) is 2.89. The van der Waals surface area contributed by atoms with Gasteiger partial charge in [-0.15, -0.1) is 0 Å². The minimum Gasteiger partial charge on any atom is -0.368 e. The van der Waals surface area contributed by atoms with Gasteiger partial charge in [-0.2, -0.15) is 0 Å². The first-order valence-corrected chi connectivity index (χ1v) is 5.69. The van der Waals surface area contributed by atoms with Crippen LogP contribution in [0.25, 0.3) is 0 Å². The average molecular weight is 266 g/mol. The second kappa shape index (κ2) is 5.17. The minimum atomic E-state index is -4.55. The molecule has 0 saturated carbocycles. The van der Waals surface area contributed by atoms with E-state index in [0.717, 1.165) is 18.2 Å². The molecule has 0 saturated heterocycles. The molecule has 17 heavy (non-hydrogen) atoms. The zero-order valence-electron chi connectivity index (χ0n) is 8.31. The highest BCUT2D eigenvalue weighted by Gasteiger charge is 2.24. The smallest absolute Gasteiger partial charge is 0.268 e. The number of carbonyl (C=O) groups excluding carboxylic acids is 1. The molecular weight excluding hydrogens is 258 g/mol. The third kappa shape index (κ3) is 3.44. The summed E-state index contributed by atoms with van der Waals surface area (Å²) in [5.74, 6) is -3.50. The van der Waals surface area contributed by atoms with Gasteiger partial charge in [0, 0.05) is 0 Å². The number of nitrogens with two attached hydrogens (primary N) is 1. The van der Waals surface area contributed by atoms with Crippen molar-refractivity contribution in [2.75, 3.05) is 6.61 Å². The number of benzene rings is 1. The van der Waals surface area contributed by atoms with E-state index in [1.54, 1.807) is 0 Å². The fourth-order valence-corrected chi connectivity index (χ4v) is 1.91. The van der Waals surface area contributed by atoms with Crippen LogP contribution in [0.1, 0.15) is 0 Å². The fourth-order valence-electron chi connectivity index (χ4n) is 0.959. The summed E-state index contributed by atoms with van der Waals surface area (Å²) in [5, 5.41) is 0. The Bertz CT molecular complexity index is 512. The molecule has 0 aliphatic carbocycles. The van der Waals surface area contributed by atoms with Crippen LogP contribution in [0.15, 0.2) is 23.1 Å². The molecule has 0 unspecified atom stereocenters. The normalized spacial score (nSPS) is 11.4. The third-order valence-corrected chi connectivity index (χ3v) is 2.84. The summed E-state index contributed by atoms with van der Waals surface area (Å²) in [7, 11) is -4.55. The maximum atomic E-state index is 13.1. The molecule has 0 bridgehead atoms. The predicted octanol–water partition coefficient (Wildman–Crippen LogP) is -0.340. The van der Waals surface area contributed by atoms with Crippen LogP contribution in [-0.2, 0) is 19.7 Å². The Hall–Kier alpha value is -1.58. The number of hydrogen-bond acceptors (Lipinski definition) is 4. The summed E-state index contributed by atoms with van der Waals surface area (Å²) in [5.41, 5.74) is 4.67. The summed E-state index contributed by atoms with van der Waals surface area (Å²) in [6.45, 7) is -0.755. The van der Waals surface area contributed by atoms with Gasteiger partial charge in [0.1, 0.15) is 18.2 Å². The highest BCUT2D eigenvalue weighted by molar-refractivity contribution is 7.89. The lowest BCUT2D eigenvalue weighted by Gasteiger charge is -2.07. The molecule has 0 aliphatic rings. The van der Waals surface area contributed by atoms with Gasteiger partial charge in [-0.1, -0.05) is 11.0 Å². The summed E-state index contributed by atoms with van der Waals surface area (Å²) in [4.78, 5) is 14.6. The first kappa shape index (κ1) is 13.5. The van der Waals surface area contributed by atoms with E-state index in [9.17, 15) is 22.0 Å². The van der Waals surface area contributed by atoms with Crippen molar-refractivity contribution in [3.8, 4) is 0 Å². The quantitative estimate of drug-likeness (QED) is 0.712. The minimum absolute atomic E-state index is 0.755. The van der Waals surface area contributed by atoms with Crippen LogP contribution in [-0.4, -0.2) is 20.9 Å². The Morgan fingerprint density at radius 1 is 1.35 bits per heavy atom. The van der Waals surface area contributed by atoms with Gasteiger partial charge in [0.05, 0.1) is 0 Å². The van der Waals surface area contributed by atoms with Crippen molar-refractivity contribution in [1.82, 2.24) is 4.89 Å². The van der Waals surface area contributed by atoms with E-state index in [1.165, 1.54) is 4.89 Å². The average Bonchev–Trinajstić information content (AvgIpc) is 2.15. The van der Waals surface area contributed by atoms with Gasteiger partial charge in [0.25, 0.3) is 10.0 Å². The van der Waals surface area contributed by atoms with E-state index in [2.05, 4.69) is 10.6 Å². The van der Waals surface area contributed by atoms with Crippen molar-refractivity contribution in [2.45, 2.75) is 4.90 Å². The van der Waals surface area contributed by atoms with E-state index in [-0.39, 0.29) is 0 Å². The number of sulfonamides is 1. The number of hydrogen-bond donors (Lipinski definition) is 2. The molecule has 0 aromatic heterocycles. The van der Waals surface area contributed by atoms with Gasteiger partial charge in [-0.3, -0.25) is 9.63 Å². The van der Waals surface area contributed by atoms with Crippen molar-refractivity contribution in [3.63, 3.8) is 0 Å². The van der Waals surface area contributed by atoms with Crippen LogP contribution in [0.4, 0.5) is 8.78 Å². The molecule has 3 N–H and O–H groups in total. The van der Waals surface area contributed by atoms with Crippen molar-refractivity contribution in [3.05, 3.63) is 29.8 Å². The van der Waals surface area contributed by atoms with E-state index in [1.807, 2.05) is 0 Å².